The molecule has 0 aliphatic carbocycles. The van der Waals surface area contributed by atoms with Gasteiger partial charge in [0.1, 0.15) is 11.8 Å². The van der Waals surface area contributed by atoms with Crippen LogP contribution < -0.4 is 15.6 Å². The predicted molar refractivity (Wildman–Crippen MR) is 108 cm³/mol. The normalized spacial score (nSPS) is 24.9. The van der Waals surface area contributed by atoms with Crippen molar-refractivity contribution in [3.8, 4) is 5.75 Å². The number of nitrogens with one attached hydrogen (secondary N) is 2. The number of ether oxygens (including phenoxy) is 1. The van der Waals surface area contributed by atoms with Gasteiger partial charge in [-0.15, -0.1) is 0 Å². The van der Waals surface area contributed by atoms with E-state index in [1.165, 1.54) is 5.56 Å². The van der Waals surface area contributed by atoms with E-state index in [-0.39, 0.29) is 18.0 Å². The van der Waals surface area contributed by atoms with Crippen LogP contribution >= 0.6 is 0 Å². The fraction of sp³-hybridized carbons (Fsp3) is 0.455. The Morgan fingerprint density at radius 2 is 2.11 bits per heavy atom. The molecule has 2 aromatic rings. The molecule has 2 aliphatic rings. The largest absolute Gasteiger partial charge is 0.493 e. The molecule has 1 amide bonds. The molecule has 4 rings (SSSR count). The van der Waals surface area contributed by atoms with E-state index in [0.29, 0.717) is 12.5 Å². The van der Waals surface area contributed by atoms with Crippen LogP contribution in [-0.4, -0.2) is 41.5 Å². The van der Waals surface area contributed by atoms with Crippen LogP contribution in [0.4, 0.5) is 0 Å². The minimum absolute atomic E-state index is 0.141. The highest BCUT2D eigenvalue weighted by atomic mass is 16.5. The molecular formula is C22H28N4O2. The number of hydrogen-bond donors (Lipinski definition) is 2. The van der Waals surface area contributed by atoms with Crippen molar-refractivity contribution >= 4 is 5.91 Å². The maximum absolute atomic E-state index is 13.0. The van der Waals surface area contributed by atoms with Crippen LogP contribution in [0.3, 0.4) is 0 Å². The van der Waals surface area contributed by atoms with Crippen LogP contribution in [0.5, 0.6) is 5.75 Å². The lowest BCUT2D eigenvalue weighted by atomic mass is 9.97. The zero-order chi connectivity index (χ0) is 19.3. The molecule has 2 fully saturated rings. The number of aryl methyl sites for hydroxylation is 1. The first-order valence-corrected chi connectivity index (χ1v) is 10.1. The molecule has 6 nitrogen and oxygen atoms in total. The van der Waals surface area contributed by atoms with Crippen LogP contribution in [0, 0.1) is 12.8 Å². The third-order valence-electron chi connectivity index (χ3n) is 5.62. The molecule has 3 unspecified atom stereocenters. The summed E-state index contributed by atoms with van der Waals surface area (Å²) in [5, 5.41) is 0. The average molecular weight is 380 g/mol. The Kier molecular flexibility index (Phi) is 5.88. The highest BCUT2D eigenvalue weighted by molar-refractivity contribution is 5.82. The van der Waals surface area contributed by atoms with Gasteiger partial charge in [0.2, 0.25) is 5.91 Å². The van der Waals surface area contributed by atoms with Crippen molar-refractivity contribution in [1.29, 1.82) is 0 Å². The third kappa shape index (κ3) is 4.51. The lowest BCUT2D eigenvalue weighted by Gasteiger charge is -2.34. The number of aromatic nitrogens is 1. The van der Waals surface area contributed by atoms with Gasteiger partial charge in [-0.05, 0) is 61.6 Å². The lowest BCUT2D eigenvalue weighted by Crippen LogP contribution is -2.49. The van der Waals surface area contributed by atoms with Gasteiger partial charge in [-0.3, -0.25) is 9.78 Å². The van der Waals surface area contributed by atoms with Gasteiger partial charge in [-0.1, -0.05) is 12.1 Å². The number of hydrogen-bond acceptors (Lipinski definition) is 5. The van der Waals surface area contributed by atoms with Gasteiger partial charge in [-0.2, -0.15) is 0 Å². The summed E-state index contributed by atoms with van der Waals surface area (Å²) in [4.78, 5) is 19.1. The molecular weight excluding hydrogens is 352 g/mol. The second-order valence-electron chi connectivity index (χ2n) is 7.83. The van der Waals surface area contributed by atoms with Gasteiger partial charge in [-0.25, -0.2) is 10.9 Å². The highest BCUT2D eigenvalue weighted by Gasteiger charge is 2.34. The van der Waals surface area contributed by atoms with Crippen LogP contribution in [0.1, 0.15) is 36.4 Å². The number of nitrogens with zero attached hydrogens (tertiary/aromatic N) is 2. The quantitative estimate of drug-likeness (QED) is 0.835. The Morgan fingerprint density at radius 1 is 1.25 bits per heavy atom. The van der Waals surface area contributed by atoms with E-state index in [0.717, 1.165) is 43.7 Å². The monoisotopic (exact) mass is 380 g/mol. The second kappa shape index (κ2) is 8.71. The number of carbonyl (C=O) groups is 1. The molecule has 1 aromatic heterocycles. The summed E-state index contributed by atoms with van der Waals surface area (Å²) >= 11 is 0. The van der Waals surface area contributed by atoms with Crippen molar-refractivity contribution in [1.82, 2.24) is 20.7 Å². The van der Waals surface area contributed by atoms with E-state index < -0.39 is 0 Å². The number of hydrazine groups is 1. The van der Waals surface area contributed by atoms with Gasteiger partial charge in [0.15, 0.2) is 0 Å². The van der Waals surface area contributed by atoms with E-state index in [9.17, 15) is 4.79 Å². The highest BCUT2D eigenvalue weighted by Crippen LogP contribution is 2.25. The number of benzene rings is 1. The van der Waals surface area contributed by atoms with Gasteiger partial charge < -0.3 is 9.64 Å². The molecule has 0 radical (unpaired) electrons. The van der Waals surface area contributed by atoms with Crippen LogP contribution in [0.2, 0.25) is 0 Å². The Morgan fingerprint density at radius 3 is 2.93 bits per heavy atom. The van der Waals surface area contributed by atoms with Crippen LogP contribution in [0.15, 0.2) is 48.8 Å². The SMILES string of the molecule is Cc1cccc(OCC2CCCN(C(=O)C3CC(c4ccncc4)NN3)C2)c1. The van der Waals surface area contributed by atoms with Gasteiger partial charge in [0.05, 0.1) is 6.61 Å². The van der Waals surface area contributed by atoms with E-state index >= 15 is 0 Å². The lowest BCUT2D eigenvalue weighted by molar-refractivity contribution is -0.135. The number of piperidine rings is 1. The first-order chi connectivity index (χ1) is 13.7. The zero-order valence-corrected chi connectivity index (χ0v) is 16.3. The van der Waals surface area contributed by atoms with Crippen LogP contribution in [0.25, 0.3) is 0 Å². The van der Waals surface area contributed by atoms with Crippen molar-refractivity contribution in [2.45, 2.75) is 38.3 Å². The topological polar surface area (TPSA) is 66.5 Å². The summed E-state index contributed by atoms with van der Waals surface area (Å²) in [5.41, 5.74) is 8.79. The van der Waals surface area contributed by atoms with Crippen LogP contribution in [-0.2, 0) is 4.79 Å². The summed E-state index contributed by atoms with van der Waals surface area (Å²) in [5.74, 6) is 1.47. The van der Waals surface area contributed by atoms with Gasteiger partial charge in [0, 0.05) is 37.4 Å². The van der Waals surface area contributed by atoms with Gasteiger partial charge in [0.25, 0.3) is 0 Å². The van der Waals surface area contributed by atoms with E-state index in [2.05, 4.69) is 34.9 Å². The van der Waals surface area contributed by atoms with Crippen molar-refractivity contribution in [2.75, 3.05) is 19.7 Å². The Labute approximate surface area is 166 Å². The minimum atomic E-state index is -0.186. The van der Waals surface area contributed by atoms with E-state index in [4.69, 9.17) is 4.74 Å². The predicted octanol–water partition coefficient (Wildman–Crippen LogP) is 2.62. The molecule has 3 atom stereocenters. The number of amides is 1. The zero-order valence-electron chi connectivity index (χ0n) is 16.3. The van der Waals surface area contributed by atoms with Crippen molar-refractivity contribution in [2.24, 2.45) is 5.92 Å². The Hall–Kier alpha value is -2.44. The fourth-order valence-electron chi connectivity index (χ4n) is 4.07. The van der Waals surface area contributed by atoms with Gasteiger partial charge >= 0.3 is 0 Å². The first kappa shape index (κ1) is 18.9. The molecule has 1 aromatic carbocycles. The second-order valence-corrected chi connectivity index (χ2v) is 7.83. The maximum Gasteiger partial charge on any atom is 0.241 e. The smallest absolute Gasteiger partial charge is 0.241 e. The average Bonchev–Trinajstić information content (AvgIpc) is 3.23. The molecule has 0 saturated carbocycles. The van der Waals surface area contributed by atoms with E-state index in [1.807, 2.05) is 29.2 Å². The summed E-state index contributed by atoms with van der Waals surface area (Å²) in [6.45, 7) is 4.32. The number of pyridine rings is 1. The molecule has 2 N–H and O–H groups in total. The molecule has 2 aliphatic heterocycles. The molecule has 148 valence electrons. The van der Waals surface area contributed by atoms with Crippen molar-refractivity contribution < 1.29 is 9.53 Å². The number of carbonyl (C=O) groups excluding carboxylic acids is 1. The number of likely N-dealkylation sites (tertiary alicyclic amines) is 1. The molecule has 0 bridgehead atoms. The molecule has 2 saturated heterocycles. The Bertz CT molecular complexity index is 798. The molecule has 6 heteroatoms. The number of rotatable bonds is 5. The fourth-order valence-corrected chi connectivity index (χ4v) is 4.07. The maximum atomic E-state index is 13.0. The third-order valence-corrected chi connectivity index (χ3v) is 5.62. The standard InChI is InChI=1S/C22H28N4O2/c1-16-4-2-6-19(12-16)28-15-17-5-3-11-26(14-17)22(27)21-13-20(24-25-21)18-7-9-23-10-8-18/h2,4,6-10,12,17,20-21,24-25H,3,5,11,13-15H2,1H3. The summed E-state index contributed by atoms with van der Waals surface area (Å²) in [6, 6.07) is 12.1. The summed E-state index contributed by atoms with van der Waals surface area (Å²) in [7, 11) is 0. The Balaban J connectivity index is 1.30. The van der Waals surface area contributed by atoms with E-state index in [1.54, 1.807) is 12.4 Å². The van der Waals surface area contributed by atoms with Crippen molar-refractivity contribution in [3.63, 3.8) is 0 Å². The summed E-state index contributed by atoms with van der Waals surface area (Å²) < 4.78 is 5.98. The first-order valence-electron chi connectivity index (χ1n) is 10.1. The molecule has 0 spiro atoms. The minimum Gasteiger partial charge on any atom is -0.493 e. The molecule has 28 heavy (non-hydrogen) atoms. The molecule has 3 heterocycles. The summed E-state index contributed by atoms with van der Waals surface area (Å²) in [6.07, 6.45) is 6.46. The van der Waals surface area contributed by atoms with Crippen molar-refractivity contribution in [3.05, 3.63) is 59.9 Å².